The Morgan fingerprint density at radius 2 is 2.09 bits per heavy atom. The molecule has 0 aliphatic carbocycles. The summed E-state index contributed by atoms with van der Waals surface area (Å²) >= 11 is 0. The molecule has 0 spiro atoms. The summed E-state index contributed by atoms with van der Waals surface area (Å²) in [5.41, 5.74) is 0.939. The number of H-pyrrole nitrogens is 1. The number of alkyl carbamates (subject to hydrolysis) is 1. The van der Waals surface area contributed by atoms with Gasteiger partial charge in [-0.2, -0.15) is 0 Å². The van der Waals surface area contributed by atoms with E-state index in [0.29, 0.717) is 22.9 Å². The molecule has 1 aliphatic heterocycles. The van der Waals surface area contributed by atoms with Crippen molar-refractivity contribution in [3.05, 3.63) is 36.2 Å². The molecule has 1 aromatic heterocycles. The van der Waals surface area contributed by atoms with Crippen LogP contribution in [0.2, 0.25) is 0 Å². The second-order valence-corrected chi connectivity index (χ2v) is 7.64. The van der Waals surface area contributed by atoms with Crippen LogP contribution in [-0.4, -0.2) is 57.2 Å². The average molecular weight is 459 g/mol. The molecule has 3 amide bonds. The van der Waals surface area contributed by atoms with Gasteiger partial charge < -0.3 is 30.2 Å². The van der Waals surface area contributed by atoms with E-state index in [1.165, 1.54) is 6.20 Å². The van der Waals surface area contributed by atoms with Crippen LogP contribution >= 0.6 is 0 Å². The van der Waals surface area contributed by atoms with Crippen molar-refractivity contribution in [1.82, 2.24) is 15.3 Å². The van der Waals surface area contributed by atoms with Gasteiger partial charge in [-0.1, -0.05) is 6.07 Å². The van der Waals surface area contributed by atoms with E-state index in [1.807, 2.05) is 0 Å². The number of carbonyl (C=O) groups excluding carboxylic acids is 3. The molecular formula is C21H25N5O7. The maximum absolute atomic E-state index is 12.4. The van der Waals surface area contributed by atoms with E-state index in [1.54, 1.807) is 38.2 Å². The van der Waals surface area contributed by atoms with Crippen molar-refractivity contribution in [1.29, 1.82) is 0 Å². The fourth-order valence-electron chi connectivity index (χ4n) is 3.13. The number of ether oxygens (including phenoxy) is 2. The second kappa shape index (κ2) is 10.5. The van der Waals surface area contributed by atoms with Crippen LogP contribution < -0.4 is 20.7 Å². The van der Waals surface area contributed by atoms with Crippen molar-refractivity contribution >= 4 is 35.5 Å². The van der Waals surface area contributed by atoms with Gasteiger partial charge in [0, 0.05) is 31.7 Å². The largest absolute Gasteiger partial charge is 0.480 e. The Morgan fingerprint density at radius 3 is 2.76 bits per heavy atom. The summed E-state index contributed by atoms with van der Waals surface area (Å²) < 4.78 is 10.7. The highest BCUT2D eigenvalue weighted by Crippen LogP contribution is 2.32. The van der Waals surface area contributed by atoms with Crippen LogP contribution in [0, 0.1) is 0 Å². The minimum Gasteiger partial charge on any atom is -0.480 e. The number of nitrogens with zero attached hydrogens (tertiary/aromatic N) is 1. The van der Waals surface area contributed by atoms with Crippen LogP contribution in [0.4, 0.5) is 16.4 Å². The van der Waals surface area contributed by atoms with Crippen molar-refractivity contribution in [3.63, 3.8) is 0 Å². The zero-order chi connectivity index (χ0) is 24.0. The zero-order valence-electron chi connectivity index (χ0n) is 18.1. The molecule has 5 N–H and O–H groups in total. The fraction of sp³-hybridized carbons (Fsp3) is 0.381. The van der Waals surface area contributed by atoms with Crippen molar-refractivity contribution in [2.24, 2.45) is 0 Å². The number of anilines is 2. The molecule has 2 heterocycles. The van der Waals surface area contributed by atoms with Gasteiger partial charge in [-0.15, -0.1) is 0 Å². The molecule has 2 aromatic rings. The molecule has 12 nitrogen and oxygen atoms in total. The third-order valence-electron chi connectivity index (χ3n) is 4.63. The molecule has 1 aliphatic rings. The van der Waals surface area contributed by atoms with Crippen LogP contribution in [0.5, 0.6) is 5.75 Å². The number of fused-ring (bicyclic) bond motifs is 1. The molecule has 0 radical (unpaired) electrons. The highest BCUT2D eigenvalue weighted by molar-refractivity contribution is 5.98. The fourth-order valence-corrected chi connectivity index (χ4v) is 3.13. The standard InChI is InChI=1S/C21H25N5O7/c1-11(2)32-21(31)25-14(19(29)30)10-12-3-4-15-13(9-12)24-18(28)16(33-15)5-6-17(27)26-20-22-7-8-23-20/h3-4,7-9,11,14,16H,5-6,10H2,1-2H3,(H,24,28)(H,25,31)(H,29,30)(H2,22,23,26,27)/t14-,16+/m0/s1. The van der Waals surface area contributed by atoms with Crippen LogP contribution in [0.3, 0.4) is 0 Å². The minimum atomic E-state index is -1.22. The number of benzene rings is 1. The number of carboxylic acid groups (broad SMARTS) is 1. The molecule has 176 valence electrons. The summed E-state index contributed by atoms with van der Waals surface area (Å²) in [4.78, 5) is 54.4. The first kappa shape index (κ1) is 23.6. The molecule has 12 heteroatoms. The van der Waals surface area contributed by atoms with Gasteiger partial charge in [0.15, 0.2) is 6.10 Å². The van der Waals surface area contributed by atoms with Crippen molar-refractivity contribution < 1.29 is 33.8 Å². The predicted molar refractivity (Wildman–Crippen MR) is 116 cm³/mol. The summed E-state index contributed by atoms with van der Waals surface area (Å²) in [5, 5.41) is 17.0. The summed E-state index contributed by atoms with van der Waals surface area (Å²) in [5.74, 6) is -1.24. The van der Waals surface area contributed by atoms with E-state index in [2.05, 4.69) is 25.9 Å². The molecule has 0 bridgehead atoms. The number of carboxylic acids is 1. The molecular weight excluding hydrogens is 434 g/mol. The van der Waals surface area contributed by atoms with Gasteiger partial charge in [-0.25, -0.2) is 14.6 Å². The van der Waals surface area contributed by atoms with Crippen molar-refractivity contribution in [3.8, 4) is 5.75 Å². The smallest absolute Gasteiger partial charge is 0.408 e. The number of nitrogens with one attached hydrogen (secondary N) is 4. The van der Waals surface area contributed by atoms with Crippen molar-refractivity contribution in [2.75, 3.05) is 10.6 Å². The summed E-state index contributed by atoms with van der Waals surface area (Å²) in [6.07, 6.45) is 1.18. The third kappa shape index (κ3) is 6.69. The quantitative estimate of drug-likeness (QED) is 0.377. The van der Waals surface area contributed by atoms with Gasteiger partial charge in [0.25, 0.3) is 5.91 Å². The number of aromatic nitrogens is 2. The Kier molecular flexibility index (Phi) is 7.49. The van der Waals surface area contributed by atoms with E-state index in [4.69, 9.17) is 9.47 Å². The summed E-state index contributed by atoms with van der Waals surface area (Å²) in [6.45, 7) is 3.31. The number of imidazole rings is 1. The molecule has 1 aromatic carbocycles. The Hall–Kier alpha value is -4.09. The van der Waals surface area contributed by atoms with Crippen LogP contribution in [-0.2, 0) is 25.5 Å². The number of hydrogen-bond donors (Lipinski definition) is 5. The summed E-state index contributed by atoms with van der Waals surface area (Å²) in [7, 11) is 0. The molecule has 0 saturated heterocycles. The van der Waals surface area contributed by atoms with Crippen LogP contribution in [0.25, 0.3) is 0 Å². The third-order valence-corrected chi connectivity index (χ3v) is 4.63. The first-order valence-electron chi connectivity index (χ1n) is 10.3. The normalized spacial score (nSPS) is 15.6. The average Bonchev–Trinajstić information content (AvgIpc) is 3.24. The number of aliphatic carboxylic acids is 1. The van der Waals surface area contributed by atoms with E-state index in [0.717, 1.165) is 0 Å². The van der Waals surface area contributed by atoms with E-state index < -0.39 is 30.1 Å². The molecule has 0 unspecified atom stereocenters. The van der Waals surface area contributed by atoms with Gasteiger partial charge in [0.05, 0.1) is 11.8 Å². The maximum atomic E-state index is 12.4. The maximum Gasteiger partial charge on any atom is 0.408 e. The lowest BCUT2D eigenvalue weighted by Gasteiger charge is -2.26. The SMILES string of the molecule is CC(C)OC(=O)N[C@@H](Cc1ccc2c(c1)NC(=O)[C@@H](CCC(=O)Nc1ncc[nH]1)O2)C(=O)O. The van der Waals surface area contributed by atoms with Crippen molar-refractivity contribution in [2.45, 2.75) is 51.4 Å². The first-order chi connectivity index (χ1) is 15.7. The van der Waals surface area contributed by atoms with E-state index in [9.17, 15) is 24.3 Å². The first-order valence-corrected chi connectivity index (χ1v) is 10.3. The predicted octanol–water partition coefficient (Wildman–Crippen LogP) is 1.66. The molecule has 3 rings (SSSR count). The highest BCUT2D eigenvalue weighted by atomic mass is 16.6. The van der Waals surface area contributed by atoms with Gasteiger partial charge in [-0.05, 0) is 31.5 Å². The number of carbonyl (C=O) groups is 4. The Balaban J connectivity index is 1.58. The Labute approximate surface area is 189 Å². The molecule has 0 saturated carbocycles. The lowest BCUT2D eigenvalue weighted by Crippen LogP contribution is -2.43. The molecule has 33 heavy (non-hydrogen) atoms. The molecule has 0 fully saturated rings. The number of aromatic amines is 1. The monoisotopic (exact) mass is 459 g/mol. The lowest BCUT2D eigenvalue weighted by molar-refractivity contribution is -0.139. The number of hydrogen-bond acceptors (Lipinski definition) is 7. The van der Waals surface area contributed by atoms with E-state index in [-0.39, 0.29) is 31.3 Å². The van der Waals surface area contributed by atoms with Crippen LogP contribution in [0.1, 0.15) is 32.3 Å². The number of amides is 3. The Morgan fingerprint density at radius 1 is 1.30 bits per heavy atom. The van der Waals surface area contributed by atoms with Gasteiger partial charge in [0.2, 0.25) is 11.9 Å². The minimum absolute atomic E-state index is 0.0257. The highest BCUT2D eigenvalue weighted by Gasteiger charge is 2.29. The van der Waals surface area contributed by atoms with Crippen LogP contribution in [0.15, 0.2) is 30.6 Å². The van der Waals surface area contributed by atoms with Gasteiger partial charge in [0.1, 0.15) is 11.8 Å². The topological polar surface area (TPSA) is 172 Å². The van der Waals surface area contributed by atoms with Gasteiger partial charge >= 0.3 is 12.1 Å². The number of rotatable bonds is 9. The zero-order valence-corrected chi connectivity index (χ0v) is 18.1. The second-order valence-electron chi connectivity index (χ2n) is 7.64. The van der Waals surface area contributed by atoms with Gasteiger partial charge in [-0.3, -0.25) is 14.9 Å². The molecule has 2 atom stereocenters. The van der Waals surface area contributed by atoms with E-state index >= 15 is 0 Å². The lowest BCUT2D eigenvalue weighted by atomic mass is 10.0. The Bertz CT molecular complexity index is 1020. The summed E-state index contributed by atoms with van der Waals surface area (Å²) in [6, 6.07) is 3.61.